The smallest absolute Gasteiger partial charge is 0.278 e. The molecule has 3 rings (SSSR count). The lowest BCUT2D eigenvalue weighted by atomic mass is 10.1. The highest BCUT2D eigenvalue weighted by molar-refractivity contribution is 6.04. The van der Waals surface area contributed by atoms with Crippen molar-refractivity contribution in [2.75, 3.05) is 5.32 Å². The van der Waals surface area contributed by atoms with Crippen molar-refractivity contribution in [2.24, 2.45) is 0 Å². The summed E-state index contributed by atoms with van der Waals surface area (Å²) in [4.78, 5) is 12.6. The van der Waals surface area contributed by atoms with E-state index in [0.29, 0.717) is 11.4 Å². The molecule has 1 heterocycles. The molecule has 1 aromatic heterocycles. The molecule has 0 spiro atoms. The molecule has 0 aliphatic rings. The molecule has 0 fully saturated rings. The first-order chi connectivity index (χ1) is 11.9. The molecule has 5 heteroatoms. The molecule has 0 saturated carbocycles. The molecule has 0 saturated heterocycles. The second kappa shape index (κ2) is 6.51. The Morgan fingerprint density at radius 2 is 1.68 bits per heavy atom. The number of rotatable bonds is 3. The number of hydrogen-bond acceptors (Lipinski definition) is 3. The van der Waals surface area contributed by atoms with Crippen LogP contribution in [0.2, 0.25) is 0 Å². The van der Waals surface area contributed by atoms with Gasteiger partial charge in [0.1, 0.15) is 0 Å². The van der Waals surface area contributed by atoms with Gasteiger partial charge in [-0.15, -0.1) is 5.10 Å². The molecule has 1 N–H and O–H groups in total. The van der Waals surface area contributed by atoms with Crippen molar-refractivity contribution < 1.29 is 4.79 Å². The summed E-state index contributed by atoms with van der Waals surface area (Å²) in [5, 5.41) is 11.2. The summed E-state index contributed by atoms with van der Waals surface area (Å²) in [6.07, 6.45) is 0. The SMILES string of the molecule is Cc1ccc(NC(=O)c2nnn(-c3ccc(C)c(C)c3)c2C)c(C)c1. The van der Waals surface area contributed by atoms with Gasteiger partial charge in [0.25, 0.3) is 5.91 Å². The Morgan fingerprint density at radius 1 is 0.920 bits per heavy atom. The third-order valence-corrected chi connectivity index (χ3v) is 4.47. The summed E-state index contributed by atoms with van der Waals surface area (Å²) in [7, 11) is 0. The summed E-state index contributed by atoms with van der Waals surface area (Å²) in [5.41, 5.74) is 7.31. The summed E-state index contributed by atoms with van der Waals surface area (Å²) >= 11 is 0. The van der Waals surface area contributed by atoms with Crippen molar-refractivity contribution in [3.8, 4) is 5.69 Å². The van der Waals surface area contributed by atoms with Crippen LogP contribution in [0.1, 0.15) is 38.4 Å². The molecule has 1 amide bonds. The van der Waals surface area contributed by atoms with Gasteiger partial charge in [-0.1, -0.05) is 29.0 Å². The molecule has 0 unspecified atom stereocenters. The number of hydrogen-bond donors (Lipinski definition) is 1. The molecule has 0 aliphatic carbocycles. The number of carbonyl (C=O) groups is 1. The molecule has 0 radical (unpaired) electrons. The Hall–Kier alpha value is -2.95. The van der Waals surface area contributed by atoms with E-state index in [1.807, 2.05) is 57.2 Å². The van der Waals surface area contributed by atoms with E-state index in [1.165, 1.54) is 11.1 Å². The molecular weight excluding hydrogens is 312 g/mol. The molecule has 0 aliphatic heterocycles. The predicted octanol–water partition coefficient (Wildman–Crippen LogP) is 4.06. The van der Waals surface area contributed by atoms with E-state index in [2.05, 4.69) is 29.5 Å². The zero-order valence-electron chi connectivity index (χ0n) is 15.2. The Bertz CT molecular complexity index is 956. The van der Waals surface area contributed by atoms with Crippen molar-refractivity contribution in [3.63, 3.8) is 0 Å². The van der Waals surface area contributed by atoms with Crippen LogP contribution in [-0.2, 0) is 0 Å². The Balaban J connectivity index is 1.89. The van der Waals surface area contributed by atoms with Gasteiger partial charge >= 0.3 is 0 Å². The van der Waals surface area contributed by atoms with Gasteiger partial charge in [-0.25, -0.2) is 4.68 Å². The van der Waals surface area contributed by atoms with Gasteiger partial charge in [-0.3, -0.25) is 4.79 Å². The maximum Gasteiger partial charge on any atom is 0.278 e. The van der Waals surface area contributed by atoms with Crippen LogP contribution in [0.15, 0.2) is 36.4 Å². The average molecular weight is 334 g/mol. The molecule has 128 valence electrons. The highest BCUT2D eigenvalue weighted by Crippen LogP contribution is 2.19. The van der Waals surface area contributed by atoms with Gasteiger partial charge < -0.3 is 5.32 Å². The first-order valence-electron chi connectivity index (χ1n) is 8.25. The number of nitrogens with one attached hydrogen (secondary N) is 1. The van der Waals surface area contributed by atoms with Crippen LogP contribution in [0.4, 0.5) is 5.69 Å². The Morgan fingerprint density at radius 3 is 2.36 bits per heavy atom. The number of benzene rings is 2. The normalized spacial score (nSPS) is 10.8. The van der Waals surface area contributed by atoms with Gasteiger partial charge in [0.05, 0.1) is 11.4 Å². The van der Waals surface area contributed by atoms with Crippen molar-refractivity contribution in [3.05, 3.63) is 70.0 Å². The third-order valence-electron chi connectivity index (χ3n) is 4.47. The molecule has 0 bridgehead atoms. The maximum absolute atomic E-state index is 12.6. The minimum Gasteiger partial charge on any atom is -0.320 e. The van der Waals surface area contributed by atoms with E-state index in [-0.39, 0.29) is 5.91 Å². The number of nitrogens with zero attached hydrogens (tertiary/aromatic N) is 3. The van der Waals surface area contributed by atoms with Gasteiger partial charge in [0.15, 0.2) is 5.69 Å². The van der Waals surface area contributed by atoms with E-state index < -0.39 is 0 Å². The maximum atomic E-state index is 12.6. The summed E-state index contributed by atoms with van der Waals surface area (Å²) in [5.74, 6) is -0.250. The van der Waals surface area contributed by atoms with Crippen molar-refractivity contribution >= 4 is 11.6 Å². The number of aryl methyl sites for hydroxylation is 4. The van der Waals surface area contributed by atoms with Gasteiger partial charge in [-0.2, -0.15) is 0 Å². The standard InChI is InChI=1S/C20H22N4O/c1-12-6-9-18(15(4)10-12)21-20(25)19-16(5)24(23-22-19)17-8-7-13(2)14(3)11-17/h6-11H,1-5H3,(H,21,25). The minimum absolute atomic E-state index is 0.250. The monoisotopic (exact) mass is 334 g/mol. The lowest BCUT2D eigenvalue weighted by molar-refractivity contribution is 0.102. The van der Waals surface area contributed by atoms with Crippen LogP contribution in [0, 0.1) is 34.6 Å². The highest BCUT2D eigenvalue weighted by Gasteiger charge is 2.18. The number of carbonyl (C=O) groups excluding carboxylic acids is 1. The average Bonchev–Trinajstić information content (AvgIpc) is 2.94. The van der Waals surface area contributed by atoms with Crippen LogP contribution >= 0.6 is 0 Å². The van der Waals surface area contributed by atoms with Gasteiger partial charge in [0, 0.05) is 5.69 Å². The first kappa shape index (κ1) is 16.9. The second-order valence-corrected chi connectivity index (χ2v) is 6.48. The van der Waals surface area contributed by atoms with E-state index in [1.54, 1.807) is 4.68 Å². The fourth-order valence-electron chi connectivity index (χ4n) is 2.78. The molecule has 3 aromatic rings. The molecular formula is C20H22N4O. The topological polar surface area (TPSA) is 59.8 Å². The van der Waals surface area contributed by atoms with Crippen LogP contribution in [-0.4, -0.2) is 20.9 Å². The van der Waals surface area contributed by atoms with Crippen molar-refractivity contribution in [2.45, 2.75) is 34.6 Å². The van der Waals surface area contributed by atoms with Crippen LogP contribution < -0.4 is 5.32 Å². The fourth-order valence-corrected chi connectivity index (χ4v) is 2.78. The van der Waals surface area contributed by atoms with E-state index in [0.717, 1.165) is 22.5 Å². The van der Waals surface area contributed by atoms with Gasteiger partial charge in [0.2, 0.25) is 0 Å². The van der Waals surface area contributed by atoms with E-state index in [9.17, 15) is 4.79 Å². The largest absolute Gasteiger partial charge is 0.320 e. The summed E-state index contributed by atoms with van der Waals surface area (Å²) < 4.78 is 1.70. The highest BCUT2D eigenvalue weighted by atomic mass is 16.2. The number of amides is 1. The zero-order chi connectivity index (χ0) is 18.1. The molecule has 5 nitrogen and oxygen atoms in total. The first-order valence-corrected chi connectivity index (χ1v) is 8.25. The van der Waals surface area contributed by atoms with Gasteiger partial charge in [-0.05, 0) is 69.5 Å². The quantitative estimate of drug-likeness (QED) is 0.786. The fraction of sp³-hybridized carbons (Fsp3) is 0.250. The van der Waals surface area contributed by atoms with E-state index >= 15 is 0 Å². The second-order valence-electron chi connectivity index (χ2n) is 6.48. The summed E-state index contributed by atoms with van der Waals surface area (Å²) in [6, 6.07) is 12.0. The lowest BCUT2D eigenvalue weighted by Crippen LogP contribution is -2.15. The van der Waals surface area contributed by atoms with Crippen LogP contribution in [0.5, 0.6) is 0 Å². The number of aromatic nitrogens is 3. The third kappa shape index (κ3) is 3.31. The van der Waals surface area contributed by atoms with Crippen molar-refractivity contribution in [1.82, 2.24) is 15.0 Å². The molecule has 25 heavy (non-hydrogen) atoms. The molecule has 0 atom stereocenters. The Labute approximate surface area is 147 Å². The van der Waals surface area contributed by atoms with E-state index in [4.69, 9.17) is 0 Å². The zero-order valence-corrected chi connectivity index (χ0v) is 15.2. The Kier molecular flexibility index (Phi) is 4.40. The van der Waals surface area contributed by atoms with Crippen LogP contribution in [0.25, 0.3) is 5.69 Å². The minimum atomic E-state index is -0.250. The predicted molar refractivity (Wildman–Crippen MR) is 99.4 cm³/mol. The lowest BCUT2D eigenvalue weighted by Gasteiger charge is -2.09. The summed E-state index contributed by atoms with van der Waals surface area (Å²) in [6.45, 7) is 9.97. The number of anilines is 1. The van der Waals surface area contributed by atoms with Crippen molar-refractivity contribution in [1.29, 1.82) is 0 Å². The molecule has 2 aromatic carbocycles. The van der Waals surface area contributed by atoms with Crippen LogP contribution in [0.3, 0.4) is 0 Å².